The van der Waals surface area contributed by atoms with Crippen LogP contribution in [0.5, 0.6) is 5.75 Å². The van der Waals surface area contributed by atoms with E-state index in [1.807, 2.05) is 0 Å². The summed E-state index contributed by atoms with van der Waals surface area (Å²) in [5.74, 6) is 0.156. The highest BCUT2D eigenvalue weighted by molar-refractivity contribution is 7.95. The Morgan fingerprint density at radius 3 is 1.38 bits per heavy atom. The lowest BCUT2D eigenvalue weighted by molar-refractivity contribution is 0.0958. The van der Waals surface area contributed by atoms with Crippen molar-refractivity contribution in [1.82, 2.24) is 0 Å². The van der Waals surface area contributed by atoms with Gasteiger partial charge >= 0.3 is 0 Å². The molecule has 2 nitrogen and oxygen atoms in total. The van der Waals surface area contributed by atoms with E-state index in [1.54, 1.807) is 24.3 Å². The molecule has 0 atom stereocenters. The number of Topliss-reactive ketones (excluding diaryl/α,β-unsaturated/α-hetero) is 1. The molecule has 0 heterocycles. The van der Waals surface area contributed by atoms with Gasteiger partial charge in [0, 0.05) is 5.56 Å². The number of benzene rings is 4. The zero-order chi connectivity index (χ0) is 22.8. The molecule has 0 unspecified atom stereocenters. The molecule has 4 aromatic carbocycles. The van der Waals surface area contributed by atoms with Crippen LogP contribution in [0.4, 0.5) is 4.39 Å². The molecule has 0 amide bonds. The van der Waals surface area contributed by atoms with Crippen LogP contribution in [0.3, 0.4) is 0 Å². The second-order valence-corrected chi connectivity index (χ2v) is 10.9. The number of carbonyl (C=O) groups excluding carboxylic acids is 1. The van der Waals surface area contributed by atoms with Gasteiger partial charge in [-0.05, 0) is 60.7 Å². The molecule has 4 aromatic rings. The van der Waals surface area contributed by atoms with Crippen LogP contribution in [0.15, 0.2) is 115 Å². The number of alkyl halides is 1. The van der Waals surface area contributed by atoms with E-state index in [0.29, 0.717) is 11.3 Å². The first-order valence-electron chi connectivity index (χ1n) is 10.4. The third-order valence-corrected chi connectivity index (χ3v) is 9.34. The van der Waals surface area contributed by atoms with Gasteiger partial charge in [0.1, 0.15) is 28.9 Å². The van der Waals surface area contributed by atoms with Crippen molar-refractivity contribution in [2.24, 2.45) is 0 Å². The first kappa shape index (κ1) is 23.4. The topological polar surface area (TPSA) is 26.3 Å². The fourth-order valence-corrected chi connectivity index (χ4v) is 6.68. The Morgan fingerprint density at radius 2 is 1.06 bits per heavy atom. The second-order valence-electron chi connectivity index (χ2n) is 7.30. The van der Waals surface area contributed by atoms with E-state index >= 15 is 0 Å². The number of ketones is 1. The Labute approximate surface area is 190 Å². The molecule has 0 N–H and O–H groups in total. The van der Waals surface area contributed by atoms with Crippen molar-refractivity contribution >= 4 is 29.0 Å². The Bertz CT molecular complexity index is 1000. The van der Waals surface area contributed by atoms with E-state index in [2.05, 4.69) is 97.7 Å². The van der Waals surface area contributed by atoms with Gasteiger partial charge in [0.05, 0.1) is 13.8 Å². The molecule has 4 heteroatoms. The van der Waals surface area contributed by atoms with Crippen LogP contribution in [0, 0.1) is 0 Å². The normalized spacial score (nSPS) is 10.6. The first-order chi connectivity index (χ1) is 15.6. The van der Waals surface area contributed by atoms with Gasteiger partial charge in [0.15, 0.2) is 12.5 Å². The molecule has 0 saturated heterocycles. The molecule has 0 bridgehead atoms. The molecular formula is C28H27FO2P+. The highest BCUT2D eigenvalue weighted by Gasteiger charge is 2.39. The van der Waals surface area contributed by atoms with Crippen LogP contribution in [0.25, 0.3) is 0 Å². The van der Waals surface area contributed by atoms with E-state index in [0.717, 1.165) is 0 Å². The summed E-state index contributed by atoms with van der Waals surface area (Å²) in [7, 11) is 0.00728. The third-order valence-electron chi connectivity index (χ3n) is 5.35. The van der Waals surface area contributed by atoms with Gasteiger partial charge in [0.25, 0.3) is 0 Å². The molecule has 162 valence electrons. The molecular weight excluding hydrogens is 418 g/mol. The summed E-state index contributed by atoms with van der Waals surface area (Å²) in [4.78, 5) is 10.8. The van der Waals surface area contributed by atoms with Crippen molar-refractivity contribution < 1.29 is 13.9 Å². The van der Waals surface area contributed by atoms with Gasteiger partial charge in [-0.25, -0.2) is 4.39 Å². The molecule has 32 heavy (non-hydrogen) atoms. The first-order valence-corrected chi connectivity index (χ1v) is 12.6. The Kier molecular flexibility index (Phi) is 8.30. The number of ether oxygens (including phenoxy) is 1. The van der Waals surface area contributed by atoms with E-state index in [1.165, 1.54) is 23.0 Å². The lowest BCUT2D eigenvalue weighted by atomic mass is 10.1. The largest absolute Gasteiger partial charge is 0.497 e. The van der Waals surface area contributed by atoms with Crippen molar-refractivity contribution in [3.8, 4) is 5.75 Å². The van der Waals surface area contributed by atoms with Crippen molar-refractivity contribution in [3.63, 3.8) is 0 Å². The zero-order valence-corrected chi connectivity index (χ0v) is 19.2. The number of halogens is 1. The minimum absolute atomic E-state index is 0.373. The Morgan fingerprint density at radius 1 is 0.688 bits per heavy atom. The fourth-order valence-electron chi connectivity index (χ4n) is 3.48. The monoisotopic (exact) mass is 445 g/mol. The molecule has 0 radical (unpaired) electrons. The van der Waals surface area contributed by atoms with E-state index in [4.69, 9.17) is 4.74 Å². The van der Waals surface area contributed by atoms with Crippen molar-refractivity contribution in [2.75, 3.05) is 20.4 Å². The highest BCUT2D eigenvalue weighted by atomic mass is 31.2. The summed E-state index contributed by atoms with van der Waals surface area (Å²) >= 11 is 0. The van der Waals surface area contributed by atoms with Crippen LogP contribution < -0.4 is 20.7 Å². The number of methoxy groups -OCH3 is 1. The smallest absolute Gasteiger partial charge is 0.193 e. The molecule has 4 rings (SSSR count). The molecule has 0 fully saturated rings. The minimum atomic E-state index is -1.53. The van der Waals surface area contributed by atoms with E-state index < -0.39 is 19.7 Å². The quantitative estimate of drug-likeness (QED) is 0.291. The van der Waals surface area contributed by atoms with Crippen LogP contribution in [0.1, 0.15) is 10.4 Å². The standard InChI is InChI=1S/C19H18P.C9H9FO2/c1-20(17-11-5-2-6-12-17,18-13-7-3-8-14-18)19-15-9-4-10-16-19;1-12-8-4-2-7(3-5-8)9(11)6-10/h2-16H,1H3;2-5H,6H2,1H3/q+1;. The van der Waals surface area contributed by atoms with Crippen LogP contribution >= 0.6 is 7.26 Å². The van der Waals surface area contributed by atoms with Crippen molar-refractivity contribution in [1.29, 1.82) is 0 Å². The summed E-state index contributed by atoms with van der Waals surface area (Å²) in [5, 5.41) is 4.28. The molecule has 0 aromatic heterocycles. The lowest BCUT2D eigenvalue weighted by Gasteiger charge is -2.22. The number of carbonyl (C=O) groups is 1. The third kappa shape index (κ3) is 5.49. The lowest BCUT2D eigenvalue weighted by Crippen LogP contribution is -2.30. The van der Waals surface area contributed by atoms with Gasteiger partial charge in [0.2, 0.25) is 0 Å². The predicted octanol–water partition coefficient (Wildman–Crippen LogP) is 5.46. The summed E-state index contributed by atoms with van der Waals surface area (Å²) in [6.45, 7) is 1.46. The second kappa shape index (κ2) is 11.4. The summed E-state index contributed by atoms with van der Waals surface area (Å²) in [6, 6.07) is 39.0. The Balaban J connectivity index is 0.000000207. The zero-order valence-electron chi connectivity index (χ0n) is 18.3. The summed E-state index contributed by atoms with van der Waals surface area (Å²) in [5.41, 5.74) is 0.373. The molecule has 0 aliphatic heterocycles. The van der Waals surface area contributed by atoms with Gasteiger partial charge in [-0.2, -0.15) is 0 Å². The van der Waals surface area contributed by atoms with E-state index in [-0.39, 0.29) is 0 Å². The van der Waals surface area contributed by atoms with Gasteiger partial charge in [-0.1, -0.05) is 54.6 Å². The maximum Gasteiger partial charge on any atom is 0.193 e. The highest BCUT2D eigenvalue weighted by Crippen LogP contribution is 2.51. The molecule has 0 saturated carbocycles. The molecule has 0 aliphatic carbocycles. The number of hydrogen-bond acceptors (Lipinski definition) is 2. The van der Waals surface area contributed by atoms with Crippen LogP contribution in [-0.4, -0.2) is 26.2 Å². The van der Waals surface area contributed by atoms with Gasteiger partial charge in [-0.15, -0.1) is 0 Å². The Hall–Kier alpha value is -3.29. The van der Waals surface area contributed by atoms with Gasteiger partial charge in [-0.3, -0.25) is 4.79 Å². The summed E-state index contributed by atoms with van der Waals surface area (Å²) in [6.07, 6.45) is 0. The average molecular weight is 445 g/mol. The van der Waals surface area contributed by atoms with Crippen molar-refractivity contribution in [3.05, 3.63) is 121 Å². The van der Waals surface area contributed by atoms with Gasteiger partial charge < -0.3 is 4.74 Å². The predicted molar refractivity (Wildman–Crippen MR) is 134 cm³/mol. The maximum atomic E-state index is 11.9. The van der Waals surface area contributed by atoms with Crippen LogP contribution in [0.2, 0.25) is 0 Å². The molecule has 0 aliphatic rings. The SMILES string of the molecule is COc1ccc(C(=O)CF)cc1.C[P+](c1ccccc1)(c1ccccc1)c1ccccc1. The average Bonchev–Trinajstić information content (AvgIpc) is 2.89. The minimum Gasteiger partial charge on any atom is -0.497 e. The fraction of sp³-hybridized carbons (Fsp3) is 0.107. The maximum absolute atomic E-state index is 11.9. The number of hydrogen-bond donors (Lipinski definition) is 0. The summed E-state index contributed by atoms with van der Waals surface area (Å²) < 4.78 is 16.8. The van der Waals surface area contributed by atoms with Crippen LogP contribution in [-0.2, 0) is 0 Å². The van der Waals surface area contributed by atoms with E-state index in [9.17, 15) is 9.18 Å². The molecule has 0 spiro atoms. The van der Waals surface area contributed by atoms with Crippen molar-refractivity contribution in [2.45, 2.75) is 0 Å². The number of rotatable bonds is 6.